The lowest BCUT2D eigenvalue weighted by atomic mass is 9.97. The molecule has 8 nitrogen and oxygen atoms in total. The Kier molecular flexibility index (Phi) is 6.71. The fourth-order valence-corrected chi connectivity index (χ4v) is 3.03. The number of carbonyl (C=O) groups excluding carboxylic acids is 2. The smallest absolute Gasteiger partial charge is 0.330 e. The summed E-state index contributed by atoms with van der Waals surface area (Å²) in [4.78, 5) is 35.4. The summed E-state index contributed by atoms with van der Waals surface area (Å²) in [7, 11) is 1.27. The van der Waals surface area contributed by atoms with Crippen molar-refractivity contribution >= 4 is 29.3 Å². The molecule has 1 unspecified atom stereocenters. The average molecular weight is 361 g/mol. The van der Waals surface area contributed by atoms with Gasteiger partial charge in [-0.15, -0.1) is 0 Å². The number of nitrogens with zero attached hydrogens (tertiary/aromatic N) is 2. The molecule has 1 amide bonds. The van der Waals surface area contributed by atoms with Crippen LogP contribution in [0.25, 0.3) is 6.08 Å². The maximum atomic E-state index is 11.5. The van der Waals surface area contributed by atoms with Crippen LogP contribution in [0.1, 0.15) is 25.3 Å². The molecular weight excluding hydrogens is 338 g/mol. The molecule has 0 saturated carbocycles. The summed E-state index contributed by atoms with van der Waals surface area (Å²) in [5.41, 5.74) is 1.10. The Morgan fingerprint density at radius 1 is 1.46 bits per heavy atom. The van der Waals surface area contributed by atoms with Crippen LogP contribution in [0.5, 0.6) is 0 Å². The lowest BCUT2D eigenvalue weighted by molar-refractivity contribution is -0.384. The van der Waals surface area contributed by atoms with Crippen LogP contribution >= 0.6 is 0 Å². The van der Waals surface area contributed by atoms with Crippen molar-refractivity contribution in [1.82, 2.24) is 5.32 Å². The quantitative estimate of drug-likeness (QED) is 0.360. The zero-order chi connectivity index (χ0) is 19.1. The number of piperidine rings is 1. The molecule has 26 heavy (non-hydrogen) atoms. The molecule has 0 spiro atoms. The number of carbonyl (C=O) groups is 2. The van der Waals surface area contributed by atoms with Crippen LogP contribution in [0, 0.1) is 16.0 Å². The van der Waals surface area contributed by atoms with Crippen LogP contribution in [0.4, 0.5) is 11.4 Å². The molecule has 1 aromatic rings. The summed E-state index contributed by atoms with van der Waals surface area (Å²) in [5.74, 6) is -0.338. The van der Waals surface area contributed by atoms with Gasteiger partial charge in [-0.05, 0) is 36.5 Å². The van der Waals surface area contributed by atoms with Gasteiger partial charge in [-0.1, -0.05) is 6.07 Å². The van der Waals surface area contributed by atoms with E-state index in [1.54, 1.807) is 12.1 Å². The van der Waals surface area contributed by atoms with Crippen molar-refractivity contribution in [1.29, 1.82) is 0 Å². The second kappa shape index (κ2) is 8.98. The van der Waals surface area contributed by atoms with Gasteiger partial charge in [0.15, 0.2) is 0 Å². The van der Waals surface area contributed by atoms with E-state index < -0.39 is 10.9 Å². The third kappa shape index (κ3) is 5.30. The van der Waals surface area contributed by atoms with Crippen LogP contribution in [-0.4, -0.2) is 43.5 Å². The van der Waals surface area contributed by atoms with Gasteiger partial charge in [0.05, 0.1) is 12.0 Å². The number of hydrogen-bond donors (Lipinski definition) is 1. The van der Waals surface area contributed by atoms with Crippen LogP contribution in [0.2, 0.25) is 0 Å². The molecule has 1 heterocycles. The summed E-state index contributed by atoms with van der Waals surface area (Å²) in [6.07, 6.45) is 4.59. The Morgan fingerprint density at radius 3 is 2.88 bits per heavy atom. The van der Waals surface area contributed by atoms with Gasteiger partial charge in [-0.25, -0.2) is 4.79 Å². The SMILES string of the molecule is COC(=O)C=Cc1ccc(N2CCCC(CNC(C)=O)C2)c([N+](=O)[O-])c1. The Balaban J connectivity index is 2.19. The third-order valence-electron chi connectivity index (χ3n) is 4.31. The number of esters is 1. The largest absolute Gasteiger partial charge is 0.466 e. The minimum absolute atomic E-state index is 0.00260. The molecule has 1 N–H and O–H groups in total. The summed E-state index contributed by atoms with van der Waals surface area (Å²) < 4.78 is 4.52. The highest BCUT2D eigenvalue weighted by Gasteiger charge is 2.25. The van der Waals surface area contributed by atoms with Crippen molar-refractivity contribution in [3.8, 4) is 0 Å². The number of nitrogens with one attached hydrogen (secondary N) is 1. The molecule has 0 aromatic heterocycles. The van der Waals surface area contributed by atoms with Crippen molar-refractivity contribution < 1.29 is 19.2 Å². The summed E-state index contributed by atoms with van der Waals surface area (Å²) in [6, 6.07) is 4.89. The zero-order valence-electron chi connectivity index (χ0n) is 14.9. The molecule has 0 bridgehead atoms. The topological polar surface area (TPSA) is 102 Å². The highest BCUT2D eigenvalue weighted by molar-refractivity contribution is 5.87. The predicted molar refractivity (Wildman–Crippen MR) is 97.8 cm³/mol. The summed E-state index contributed by atoms with van der Waals surface area (Å²) in [5, 5.41) is 14.3. The van der Waals surface area contributed by atoms with E-state index in [9.17, 15) is 19.7 Å². The fraction of sp³-hybridized carbons (Fsp3) is 0.444. The third-order valence-corrected chi connectivity index (χ3v) is 4.31. The average Bonchev–Trinajstić information content (AvgIpc) is 2.64. The Bertz CT molecular complexity index is 717. The van der Waals surface area contributed by atoms with E-state index in [0.717, 1.165) is 19.4 Å². The molecule has 1 atom stereocenters. The van der Waals surface area contributed by atoms with E-state index in [2.05, 4.69) is 10.1 Å². The zero-order valence-corrected chi connectivity index (χ0v) is 14.9. The van der Waals surface area contributed by atoms with E-state index in [-0.39, 0.29) is 17.5 Å². The maximum Gasteiger partial charge on any atom is 0.330 e. The first-order valence-corrected chi connectivity index (χ1v) is 8.44. The van der Waals surface area contributed by atoms with E-state index in [0.29, 0.717) is 24.3 Å². The first-order valence-electron chi connectivity index (χ1n) is 8.44. The number of rotatable bonds is 6. The van der Waals surface area contributed by atoms with Gasteiger partial charge in [0.2, 0.25) is 5.91 Å². The Morgan fingerprint density at radius 2 is 2.23 bits per heavy atom. The minimum Gasteiger partial charge on any atom is -0.466 e. The summed E-state index contributed by atoms with van der Waals surface area (Å²) in [6.45, 7) is 3.43. The first-order chi connectivity index (χ1) is 12.4. The second-order valence-corrected chi connectivity index (χ2v) is 6.25. The van der Waals surface area contributed by atoms with Crippen LogP contribution < -0.4 is 10.2 Å². The molecule has 8 heteroatoms. The molecule has 0 aliphatic carbocycles. The molecule has 1 aliphatic heterocycles. The van der Waals surface area contributed by atoms with E-state index in [1.165, 1.54) is 32.3 Å². The van der Waals surface area contributed by atoms with Crippen molar-refractivity contribution in [2.75, 3.05) is 31.6 Å². The van der Waals surface area contributed by atoms with Gasteiger partial charge in [-0.3, -0.25) is 14.9 Å². The number of hydrogen-bond acceptors (Lipinski definition) is 6. The molecule has 2 rings (SSSR count). The maximum absolute atomic E-state index is 11.5. The van der Waals surface area contributed by atoms with Gasteiger partial charge < -0.3 is 15.0 Å². The minimum atomic E-state index is -0.520. The van der Waals surface area contributed by atoms with Gasteiger partial charge in [0, 0.05) is 38.7 Å². The number of ether oxygens (including phenoxy) is 1. The predicted octanol–water partition coefficient (Wildman–Crippen LogP) is 2.13. The van der Waals surface area contributed by atoms with E-state index in [4.69, 9.17) is 0 Å². The molecule has 1 aliphatic rings. The first kappa shape index (κ1) is 19.4. The summed E-state index contributed by atoms with van der Waals surface area (Å²) >= 11 is 0. The second-order valence-electron chi connectivity index (χ2n) is 6.25. The number of amides is 1. The van der Waals surface area contributed by atoms with Crippen molar-refractivity contribution in [3.05, 3.63) is 40.0 Å². The molecule has 1 saturated heterocycles. The Hall–Kier alpha value is -2.90. The Labute approximate surface area is 152 Å². The fourth-order valence-electron chi connectivity index (χ4n) is 3.03. The number of methoxy groups -OCH3 is 1. The molecule has 140 valence electrons. The highest BCUT2D eigenvalue weighted by atomic mass is 16.6. The number of nitro groups is 1. The van der Waals surface area contributed by atoms with E-state index in [1.807, 2.05) is 4.90 Å². The van der Waals surface area contributed by atoms with Crippen molar-refractivity contribution in [3.63, 3.8) is 0 Å². The molecule has 1 aromatic carbocycles. The van der Waals surface area contributed by atoms with Crippen LogP contribution in [0.15, 0.2) is 24.3 Å². The number of benzene rings is 1. The molecular formula is C18H23N3O5. The van der Waals surface area contributed by atoms with Crippen molar-refractivity contribution in [2.45, 2.75) is 19.8 Å². The van der Waals surface area contributed by atoms with Gasteiger partial charge in [0.25, 0.3) is 5.69 Å². The lowest BCUT2D eigenvalue weighted by Gasteiger charge is -2.34. The van der Waals surface area contributed by atoms with Crippen LogP contribution in [-0.2, 0) is 14.3 Å². The van der Waals surface area contributed by atoms with Gasteiger partial charge in [-0.2, -0.15) is 0 Å². The normalized spacial score (nSPS) is 17.2. The van der Waals surface area contributed by atoms with E-state index >= 15 is 0 Å². The molecule has 1 fully saturated rings. The molecule has 0 radical (unpaired) electrons. The highest BCUT2D eigenvalue weighted by Crippen LogP contribution is 2.32. The van der Waals surface area contributed by atoms with Gasteiger partial charge in [0.1, 0.15) is 5.69 Å². The lowest BCUT2D eigenvalue weighted by Crippen LogP contribution is -2.40. The monoisotopic (exact) mass is 361 g/mol. The van der Waals surface area contributed by atoms with Crippen molar-refractivity contribution in [2.24, 2.45) is 5.92 Å². The standard InChI is InChI=1S/C18H23N3O5/c1-13(22)19-11-15-4-3-9-20(12-15)16-7-5-14(6-8-18(23)26-2)10-17(16)21(24)25/h5-8,10,15H,3-4,9,11-12H2,1-2H3,(H,19,22). The number of nitro benzene ring substituents is 1. The van der Waals surface area contributed by atoms with Crippen LogP contribution in [0.3, 0.4) is 0 Å². The van der Waals surface area contributed by atoms with Gasteiger partial charge >= 0.3 is 5.97 Å². The number of anilines is 1.